The average Bonchev–Trinajstić information content (AvgIpc) is 2.10. The van der Waals surface area contributed by atoms with Gasteiger partial charge >= 0.3 is 0 Å². The molecule has 0 spiro atoms. The first-order chi connectivity index (χ1) is 4.24. The van der Waals surface area contributed by atoms with Crippen LogP contribution in [-0.4, -0.2) is 11.9 Å². The SMILES string of the molecule is CCC1NC(=N)CC1C.Cl. The molecule has 2 nitrogen and oxygen atoms in total. The van der Waals surface area contributed by atoms with Crippen LogP contribution in [0.2, 0.25) is 0 Å². The number of rotatable bonds is 1. The largest absolute Gasteiger partial charge is 0.371 e. The number of amidine groups is 1. The minimum atomic E-state index is 0. The zero-order valence-corrected chi connectivity index (χ0v) is 7.29. The van der Waals surface area contributed by atoms with E-state index >= 15 is 0 Å². The molecule has 0 aromatic carbocycles. The fraction of sp³-hybridized carbons (Fsp3) is 0.857. The number of nitrogens with one attached hydrogen (secondary N) is 2. The monoisotopic (exact) mass is 162 g/mol. The van der Waals surface area contributed by atoms with Gasteiger partial charge in [-0.25, -0.2) is 0 Å². The van der Waals surface area contributed by atoms with Crippen LogP contribution in [0.15, 0.2) is 0 Å². The Hall–Kier alpha value is -0.240. The maximum atomic E-state index is 7.30. The molecule has 60 valence electrons. The Balaban J connectivity index is 0.000000810. The van der Waals surface area contributed by atoms with Gasteiger partial charge in [0.25, 0.3) is 0 Å². The number of hydrogen-bond acceptors (Lipinski definition) is 1. The van der Waals surface area contributed by atoms with Crippen LogP contribution >= 0.6 is 12.4 Å². The molecule has 0 radical (unpaired) electrons. The van der Waals surface area contributed by atoms with Gasteiger partial charge in [-0.2, -0.15) is 0 Å². The third kappa shape index (κ3) is 1.87. The summed E-state index contributed by atoms with van der Waals surface area (Å²) >= 11 is 0. The van der Waals surface area contributed by atoms with Gasteiger partial charge in [-0.3, -0.25) is 5.41 Å². The molecule has 0 aromatic heterocycles. The normalized spacial score (nSPS) is 31.2. The molecule has 2 N–H and O–H groups in total. The quantitative estimate of drug-likeness (QED) is 0.606. The molecule has 0 amide bonds. The van der Waals surface area contributed by atoms with E-state index in [-0.39, 0.29) is 12.4 Å². The first-order valence-corrected chi connectivity index (χ1v) is 3.58. The Morgan fingerprint density at radius 1 is 1.70 bits per heavy atom. The fourth-order valence-electron chi connectivity index (χ4n) is 1.39. The maximum absolute atomic E-state index is 7.30. The van der Waals surface area contributed by atoms with E-state index in [0.29, 0.717) is 17.8 Å². The van der Waals surface area contributed by atoms with Crippen molar-refractivity contribution in [3.63, 3.8) is 0 Å². The van der Waals surface area contributed by atoms with Gasteiger partial charge in [0.05, 0.1) is 5.84 Å². The lowest BCUT2D eigenvalue weighted by molar-refractivity contribution is 0.471. The molecular weight excluding hydrogens is 148 g/mol. The number of hydrogen-bond donors (Lipinski definition) is 2. The van der Waals surface area contributed by atoms with Gasteiger partial charge in [0, 0.05) is 12.5 Å². The van der Waals surface area contributed by atoms with E-state index in [1.54, 1.807) is 0 Å². The summed E-state index contributed by atoms with van der Waals surface area (Å²) in [7, 11) is 0. The lowest BCUT2D eigenvalue weighted by Gasteiger charge is -2.10. The van der Waals surface area contributed by atoms with E-state index in [9.17, 15) is 0 Å². The smallest absolute Gasteiger partial charge is 0.0937 e. The third-order valence-electron chi connectivity index (χ3n) is 2.01. The Morgan fingerprint density at radius 2 is 2.30 bits per heavy atom. The van der Waals surface area contributed by atoms with Gasteiger partial charge in [0.2, 0.25) is 0 Å². The fourth-order valence-corrected chi connectivity index (χ4v) is 1.39. The first kappa shape index (κ1) is 9.76. The van der Waals surface area contributed by atoms with E-state index in [2.05, 4.69) is 19.2 Å². The molecule has 1 aliphatic rings. The summed E-state index contributed by atoms with van der Waals surface area (Å²) in [5.74, 6) is 1.39. The van der Waals surface area contributed by atoms with Gasteiger partial charge in [0.1, 0.15) is 0 Å². The van der Waals surface area contributed by atoms with Crippen molar-refractivity contribution in [3.8, 4) is 0 Å². The summed E-state index contributed by atoms with van der Waals surface area (Å²) in [5.41, 5.74) is 0. The van der Waals surface area contributed by atoms with Crippen LogP contribution in [0.5, 0.6) is 0 Å². The lowest BCUT2D eigenvalue weighted by Crippen LogP contribution is -2.26. The van der Waals surface area contributed by atoms with Crippen molar-refractivity contribution in [3.05, 3.63) is 0 Å². The van der Waals surface area contributed by atoms with E-state index in [4.69, 9.17) is 5.41 Å². The van der Waals surface area contributed by atoms with Crippen LogP contribution in [0, 0.1) is 11.3 Å². The van der Waals surface area contributed by atoms with Crippen molar-refractivity contribution in [2.45, 2.75) is 32.7 Å². The van der Waals surface area contributed by atoms with Gasteiger partial charge < -0.3 is 5.32 Å². The second kappa shape index (κ2) is 3.81. The highest BCUT2D eigenvalue weighted by Crippen LogP contribution is 2.17. The summed E-state index contributed by atoms with van der Waals surface area (Å²) in [4.78, 5) is 0. The van der Waals surface area contributed by atoms with Gasteiger partial charge in [0.15, 0.2) is 0 Å². The molecule has 0 aromatic rings. The van der Waals surface area contributed by atoms with Gasteiger partial charge in [-0.1, -0.05) is 13.8 Å². The van der Waals surface area contributed by atoms with Crippen molar-refractivity contribution in [1.29, 1.82) is 5.41 Å². The average molecular weight is 163 g/mol. The van der Waals surface area contributed by atoms with Crippen LogP contribution in [0.1, 0.15) is 26.7 Å². The molecule has 1 aliphatic heterocycles. The lowest BCUT2D eigenvalue weighted by atomic mass is 10.0. The molecule has 1 heterocycles. The summed E-state index contributed by atoms with van der Waals surface area (Å²) in [6.07, 6.45) is 2.09. The van der Waals surface area contributed by atoms with Crippen LogP contribution in [0.25, 0.3) is 0 Å². The molecule has 1 saturated heterocycles. The zero-order chi connectivity index (χ0) is 6.85. The van der Waals surface area contributed by atoms with Crippen molar-refractivity contribution in [2.75, 3.05) is 0 Å². The standard InChI is InChI=1S/C7H14N2.ClH/c1-3-6-5(2)4-7(8)9-6;/h5-6H,3-4H2,1-2H3,(H2,8,9);1H. The first-order valence-electron chi connectivity index (χ1n) is 3.58. The van der Waals surface area contributed by atoms with Crippen molar-refractivity contribution < 1.29 is 0 Å². The van der Waals surface area contributed by atoms with Crippen LogP contribution in [-0.2, 0) is 0 Å². The predicted octanol–water partition coefficient (Wildman–Crippen LogP) is 1.79. The Bertz CT molecular complexity index is 125. The second-order valence-electron chi connectivity index (χ2n) is 2.82. The molecule has 0 saturated carbocycles. The second-order valence-corrected chi connectivity index (χ2v) is 2.82. The van der Waals surface area contributed by atoms with E-state index in [1.807, 2.05) is 0 Å². The molecule has 1 fully saturated rings. The summed E-state index contributed by atoms with van der Waals surface area (Å²) < 4.78 is 0. The van der Waals surface area contributed by atoms with Crippen LogP contribution in [0.3, 0.4) is 0 Å². The Morgan fingerprint density at radius 3 is 2.50 bits per heavy atom. The van der Waals surface area contributed by atoms with Gasteiger partial charge in [-0.15, -0.1) is 12.4 Å². The molecule has 0 bridgehead atoms. The van der Waals surface area contributed by atoms with E-state index in [1.165, 1.54) is 0 Å². The Kier molecular flexibility index (Phi) is 3.72. The van der Waals surface area contributed by atoms with Crippen LogP contribution in [0.4, 0.5) is 0 Å². The molecule has 2 atom stereocenters. The summed E-state index contributed by atoms with van der Waals surface area (Å²) in [6, 6.07) is 0.567. The summed E-state index contributed by atoms with van der Waals surface area (Å²) in [6.45, 7) is 4.36. The van der Waals surface area contributed by atoms with Crippen LogP contribution < -0.4 is 5.32 Å². The minimum Gasteiger partial charge on any atom is -0.371 e. The number of halogens is 1. The van der Waals surface area contributed by atoms with E-state index < -0.39 is 0 Å². The highest BCUT2D eigenvalue weighted by molar-refractivity contribution is 5.85. The van der Waals surface area contributed by atoms with Crippen molar-refractivity contribution >= 4 is 18.2 Å². The molecular formula is C7H15ClN2. The predicted molar refractivity (Wildman–Crippen MR) is 46.0 cm³/mol. The van der Waals surface area contributed by atoms with Gasteiger partial charge in [-0.05, 0) is 12.3 Å². The molecule has 10 heavy (non-hydrogen) atoms. The molecule has 1 rings (SSSR count). The zero-order valence-electron chi connectivity index (χ0n) is 6.48. The molecule has 2 unspecified atom stereocenters. The summed E-state index contributed by atoms with van der Waals surface area (Å²) in [5, 5.41) is 10.4. The topological polar surface area (TPSA) is 35.9 Å². The highest BCUT2D eigenvalue weighted by Gasteiger charge is 2.23. The molecule has 3 heteroatoms. The third-order valence-corrected chi connectivity index (χ3v) is 2.01. The van der Waals surface area contributed by atoms with Crippen molar-refractivity contribution in [2.24, 2.45) is 5.92 Å². The minimum absolute atomic E-state index is 0. The van der Waals surface area contributed by atoms with E-state index in [0.717, 1.165) is 12.8 Å². The Labute approximate surface area is 68.3 Å². The van der Waals surface area contributed by atoms with Crippen molar-refractivity contribution in [1.82, 2.24) is 5.32 Å². The maximum Gasteiger partial charge on any atom is 0.0937 e. The molecule has 0 aliphatic carbocycles. The highest BCUT2D eigenvalue weighted by atomic mass is 35.5.